The lowest BCUT2D eigenvalue weighted by Crippen LogP contribution is -2.08. The van der Waals surface area contributed by atoms with Crippen LogP contribution in [0.15, 0.2) is 0 Å². The second-order valence-electron chi connectivity index (χ2n) is 1.75. The number of ether oxygens (including phenoxy) is 2. The molecule has 3 heteroatoms. The van der Waals surface area contributed by atoms with Gasteiger partial charge in [0.15, 0.2) is 0 Å². The smallest absolute Gasteiger partial charge is 0.147 e. The number of hydrogen-bond donors (Lipinski definition) is 0. The fourth-order valence-corrected chi connectivity index (χ4v) is 1.36. The molecule has 1 fully saturated rings. The van der Waals surface area contributed by atoms with Gasteiger partial charge in [0.1, 0.15) is 6.79 Å². The molecule has 0 aromatic rings. The Balaban J connectivity index is 2.06. The van der Waals surface area contributed by atoms with Gasteiger partial charge in [0, 0.05) is 4.43 Å². The van der Waals surface area contributed by atoms with Crippen LogP contribution in [0.25, 0.3) is 0 Å². The minimum Gasteiger partial charge on any atom is -0.353 e. The van der Waals surface area contributed by atoms with Crippen molar-refractivity contribution in [2.75, 3.05) is 17.8 Å². The van der Waals surface area contributed by atoms with Gasteiger partial charge in [-0.2, -0.15) is 0 Å². The molecule has 1 saturated heterocycles. The van der Waals surface area contributed by atoms with E-state index in [1.54, 1.807) is 0 Å². The van der Waals surface area contributed by atoms with Crippen molar-refractivity contribution in [3.63, 3.8) is 0 Å². The minimum absolute atomic E-state index is 0.381. The Morgan fingerprint density at radius 3 is 3.00 bits per heavy atom. The van der Waals surface area contributed by atoms with Gasteiger partial charge in [0.25, 0.3) is 0 Å². The van der Waals surface area contributed by atoms with E-state index >= 15 is 0 Å². The van der Waals surface area contributed by atoms with Crippen molar-refractivity contribution in [2.45, 2.75) is 12.5 Å². The van der Waals surface area contributed by atoms with E-state index in [0.29, 0.717) is 12.9 Å². The van der Waals surface area contributed by atoms with Crippen LogP contribution in [-0.2, 0) is 9.47 Å². The zero-order chi connectivity index (χ0) is 5.82. The molecular weight excluding hydrogens is 219 g/mol. The third kappa shape index (κ3) is 1.87. The summed E-state index contributed by atoms with van der Waals surface area (Å²) in [5, 5.41) is 0. The number of alkyl halides is 1. The summed E-state index contributed by atoms with van der Waals surface area (Å²) < 4.78 is 11.3. The molecular formula is C5H9IO2. The molecule has 0 aliphatic carbocycles. The van der Waals surface area contributed by atoms with Gasteiger partial charge in [0.2, 0.25) is 0 Å². The highest BCUT2D eigenvalue weighted by atomic mass is 127. The predicted molar refractivity (Wildman–Crippen MR) is 39.2 cm³/mol. The molecule has 0 amide bonds. The lowest BCUT2D eigenvalue weighted by molar-refractivity contribution is 0.0465. The van der Waals surface area contributed by atoms with Crippen LogP contribution in [0, 0.1) is 0 Å². The zero-order valence-corrected chi connectivity index (χ0v) is 6.76. The fourth-order valence-electron chi connectivity index (χ4n) is 0.660. The second kappa shape index (κ2) is 3.63. The Hall–Kier alpha value is 0.650. The SMILES string of the molecule is ICCC1COCO1. The van der Waals surface area contributed by atoms with Crippen LogP contribution < -0.4 is 0 Å². The highest BCUT2D eigenvalue weighted by molar-refractivity contribution is 14.1. The monoisotopic (exact) mass is 228 g/mol. The van der Waals surface area contributed by atoms with Crippen molar-refractivity contribution < 1.29 is 9.47 Å². The number of rotatable bonds is 2. The first-order valence-electron chi connectivity index (χ1n) is 2.69. The first-order chi connectivity index (χ1) is 3.93. The lowest BCUT2D eigenvalue weighted by atomic mass is 10.3. The average Bonchev–Trinajstić information content (AvgIpc) is 2.19. The molecule has 0 saturated carbocycles. The summed E-state index contributed by atoms with van der Waals surface area (Å²) in [6.07, 6.45) is 1.51. The van der Waals surface area contributed by atoms with Crippen LogP contribution in [0.1, 0.15) is 6.42 Å². The molecule has 1 atom stereocenters. The third-order valence-corrected chi connectivity index (χ3v) is 1.74. The first kappa shape index (κ1) is 6.77. The summed E-state index contributed by atoms with van der Waals surface area (Å²) >= 11 is 2.34. The summed E-state index contributed by atoms with van der Waals surface area (Å²) in [7, 11) is 0. The molecule has 0 bridgehead atoms. The van der Waals surface area contributed by atoms with Crippen LogP contribution >= 0.6 is 22.6 Å². The van der Waals surface area contributed by atoms with E-state index in [0.717, 1.165) is 17.5 Å². The summed E-state index contributed by atoms with van der Waals surface area (Å²) in [5.74, 6) is 0. The van der Waals surface area contributed by atoms with E-state index in [-0.39, 0.29) is 0 Å². The molecule has 0 N–H and O–H groups in total. The molecule has 1 aliphatic rings. The molecule has 0 aromatic heterocycles. The maximum Gasteiger partial charge on any atom is 0.147 e. The normalized spacial score (nSPS) is 28.9. The summed E-state index contributed by atoms with van der Waals surface area (Å²) in [6, 6.07) is 0. The molecule has 2 nitrogen and oxygen atoms in total. The quantitative estimate of drug-likeness (QED) is 0.522. The highest BCUT2D eigenvalue weighted by Crippen LogP contribution is 2.07. The van der Waals surface area contributed by atoms with Crippen LogP contribution in [0.4, 0.5) is 0 Å². The molecule has 1 rings (SSSR count). The molecule has 48 valence electrons. The summed E-state index contributed by atoms with van der Waals surface area (Å²) in [4.78, 5) is 0. The zero-order valence-electron chi connectivity index (χ0n) is 4.60. The second-order valence-corrected chi connectivity index (χ2v) is 2.83. The average molecular weight is 228 g/mol. The van der Waals surface area contributed by atoms with Gasteiger partial charge in [-0.15, -0.1) is 0 Å². The van der Waals surface area contributed by atoms with Gasteiger partial charge < -0.3 is 9.47 Å². The third-order valence-electron chi connectivity index (χ3n) is 1.12. The topological polar surface area (TPSA) is 18.5 Å². The van der Waals surface area contributed by atoms with Crippen molar-refractivity contribution >= 4 is 22.6 Å². The largest absolute Gasteiger partial charge is 0.353 e. The molecule has 0 radical (unpaired) electrons. The van der Waals surface area contributed by atoms with Crippen LogP contribution in [-0.4, -0.2) is 23.9 Å². The Morgan fingerprint density at radius 2 is 2.50 bits per heavy atom. The maximum absolute atomic E-state index is 5.17. The van der Waals surface area contributed by atoms with Crippen molar-refractivity contribution in [2.24, 2.45) is 0 Å². The van der Waals surface area contributed by atoms with E-state index in [1.165, 1.54) is 0 Å². The Bertz CT molecular complexity index is 61.4. The van der Waals surface area contributed by atoms with E-state index in [2.05, 4.69) is 22.6 Å². The van der Waals surface area contributed by atoms with Crippen molar-refractivity contribution in [1.29, 1.82) is 0 Å². The highest BCUT2D eigenvalue weighted by Gasteiger charge is 2.13. The van der Waals surface area contributed by atoms with E-state index < -0.39 is 0 Å². The van der Waals surface area contributed by atoms with Gasteiger partial charge in [-0.1, -0.05) is 22.6 Å². The molecule has 1 heterocycles. The van der Waals surface area contributed by atoms with E-state index in [4.69, 9.17) is 9.47 Å². The molecule has 1 aliphatic heterocycles. The van der Waals surface area contributed by atoms with Crippen LogP contribution in [0.2, 0.25) is 0 Å². The van der Waals surface area contributed by atoms with Gasteiger partial charge >= 0.3 is 0 Å². The van der Waals surface area contributed by atoms with Crippen LogP contribution in [0.5, 0.6) is 0 Å². The van der Waals surface area contributed by atoms with Gasteiger partial charge in [-0.25, -0.2) is 0 Å². The fraction of sp³-hybridized carbons (Fsp3) is 1.00. The predicted octanol–water partition coefficient (Wildman–Crippen LogP) is 1.18. The molecule has 0 aromatic carbocycles. The standard InChI is InChI=1S/C5H9IO2/c6-2-1-5-3-7-4-8-5/h5H,1-4H2. The van der Waals surface area contributed by atoms with Crippen LogP contribution in [0.3, 0.4) is 0 Å². The maximum atomic E-state index is 5.17. The molecule has 0 spiro atoms. The van der Waals surface area contributed by atoms with E-state index in [9.17, 15) is 0 Å². The molecule has 1 unspecified atom stereocenters. The molecule has 8 heavy (non-hydrogen) atoms. The lowest BCUT2D eigenvalue weighted by Gasteiger charge is -2.01. The number of hydrogen-bond acceptors (Lipinski definition) is 2. The van der Waals surface area contributed by atoms with Gasteiger partial charge in [0.05, 0.1) is 12.7 Å². The minimum atomic E-state index is 0.381. The van der Waals surface area contributed by atoms with Crippen molar-refractivity contribution in [3.8, 4) is 0 Å². The Labute approximate surface area is 62.7 Å². The van der Waals surface area contributed by atoms with E-state index in [1.807, 2.05) is 0 Å². The summed E-state index contributed by atoms with van der Waals surface area (Å²) in [6.45, 7) is 1.30. The Morgan fingerprint density at radius 1 is 1.62 bits per heavy atom. The number of halogens is 1. The Kier molecular flexibility index (Phi) is 3.07. The van der Waals surface area contributed by atoms with Crippen molar-refractivity contribution in [1.82, 2.24) is 0 Å². The first-order valence-corrected chi connectivity index (χ1v) is 4.21. The summed E-state index contributed by atoms with van der Waals surface area (Å²) in [5.41, 5.74) is 0. The van der Waals surface area contributed by atoms with Crippen molar-refractivity contribution in [3.05, 3.63) is 0 Å². The van der Waals surface area contributed by atoms with Gasteiger partial charge in [-0.3, -0.25) is 0 Å². The van der Waals surface area contributed by atoms with Gasteiger partial charge in [-0.05, 0) is 6.42 Å².